The first-order valence-electron chi connectivity index (χ1n) is 8.41. The fourth-order valence-electron chi connectivity index (χ4n) is 3.33. The summed E-state index contributed by atoms with van der Waals surface area (Å²) in [6.45, 7) is 0.577. The van der Waals surface area contributed by atoms with E-state index < -0.39 is 5.54 Å². The van der Waals surface area contributed by atoms with Gasteiger partial charge in [0.25, 0.3) is 5.91 Å². The van der Waals surface area contributed by atoms with Gasteiger partial charge in [0.15, 0.2) is 5.69 Å². The number of hydrogen-bond acceptors (Lipinski definition) is 4. The van der Waals surface area contributed by atoms with Crippen molar-refractivity contribution < 1.29 is 4.79 Å². The van der Waals surface area contributed by atoms with E-state index in [0.717, 1.165) is 37.7 Å². The lowest BCUT2D eigenvalue weighted by Crippen LogP contribution is -2.56. The minimum Gasteiger partial charge on any atom is -0.315 e. The third-order valence-electron chi connectivity index (χ3n) is 4.93. The third-order valence-corrected chi connectivity index (χ3v) is 4.93. The molecule has 2 aliphatic rings. The lowest BCUT2D eigenvalue weighted by atomic mass is 9.76. The Labute approximate surface area is 140 Å². The summed E-state index contributed by atoms with van der Waals surface area (Å²) < 4.78 is 1.67. The summed E-state index contributed by atoms with van der Waals surface area (Å²) in [5.74, 6) is -0.155. The van der Waals surface area contributed by atoms with Crippen LogP contribution < -0.4 is 0 Å². The quantitative estimate of drug-likeness (QED) is 0.847. The monoisotopic (exact) mass is 321 g/mol. The zero-order chi connectivity index (χ0) is 16.6. The highest BCUT2D eigenvalue weighted by Crippen LogP contribution is 2.44. The van der Waals surface area contributed by atoms with Crippen LogP contribution in [0, 0.1) is 11.3 Å². The summed E-state index contributed by atoms with van der Waals surface area (Å²) in [7, 11) is 0. The maximum Gasteiger partial charge on any atom is 0.277 e. The molecule has 6 heteroatoms. The van der Waals surface area contributed by atoms with Crippen LogP contribution >= 0.6 is 0 Å². The summed E-state index contributed by atoms with van der Waals surface area (Å²) in [5.41, 5.74) is 0.814. The van der Waals surface area contributed by atoms with Crippen molar-refractivity contribution in [2.45, 2.75) is 50.2 Å². The van der Waals surface area contributed by atoms with Crippen LogP contribution in [0.15, 0.2) is 36.5 Å². The van der Waals surface area contributed by atoms with Crippen LogP contribution in [0.1, 0.15) is 48.2 Å². The molecule has 1 aromatic carbocycles. The highest BCUT2D eigenvalue weighted by Gasteiger charge is 2.51. The molecule has 2 fully saturated rings. The van der Waals surface area contributed by atoms with E-state index in [-0.39, 0.29) is 11.9 Å². The second-order valence-electron chi connectivity index (χ2n) is 6.69. The first kappa shape index (κ1) is 14.9. The normalized spacial score (nSPS) is 18.5. The standard InChI is InChI=1S/C18H19N5O/c19-13-18(9-4-10-18)23(15-7-8-15)17(24)16-12-22(21-20-16)11-14-5-2-1-3-6-14/h1-3,5-6,12,15H,4,7-11H2. The Morgan fingerprint density at radius 3 is 2.67 bits per heavy atom. The number of benzene rings is 1. The molecule has 1 amide bonds. The van der Waals surface area contributed by atoms with Gasteiger partial charge in [-0.1, -0.05) is 35.5 Å². The van der Waals surface area contributed by atoms with Gasteiger partial charge in [0.1, 0.15) is 5.54 Å². The molecule has 2 saturated carbocycles. The molecule has 0 saturated heterocycles. The SMILES string of the molecule is N#CC1(N(C(=O)c2cn(Cc3ccccc3)nn2)C2CC2)CCC1. The second kappa shape index (κ2) is 5.75. The second-order valence-corrected chi connectivity index (χ2v) is 6.69. The number of rotatable bonds is 5. The van der Waals surface area contributed by atoms with Gasteiger partial charge in [0.2, 0.25) is 0 Å². The van der Waals surface area contributed by atoms with Crippen molar-refractivity contribution in [3.63, 3.8) is 0 Å². The Morgan fingerprint density at radius 1 is 1.33 bits per heavy atom. The molecule has 0 atom stereocenters. The predicted molar refractivity (Wildman–Crippen MR) is 87.0 cm³/mol. The minimum atomic E-state index is -0.624. The van der Waals surface area contributed by atoms with Gasteiger partial charge in [0, 0.05) is 6.04 Å². The van der Waals surface area contributed by atoms with E-state index in [0.29, 0.717) is 12.2 Å². The van der Waals surface area contributed by atoms with Gasteiger partial charge in [-0.15, -0.1) is 5.10 Å². The van der Waals surface area contributed by atoms with E-state index in [9.17, 15) is 10.1 Å². The topological polar surface area (TPSA) is 74.8 Å². The van der Waals surface area contributed by atoms with Gasteiger partial charge >= 0.3 is 0 Å². The summed E-state index contributed by atoms with van der Waals surface area (Å²) >= 11 is 0. The molecule has 4 rings (SSSR count). The molecule has 0 unspecified atom stereocenters. The summed E-state index contributed by atoms with van der Waals surface area (Å²) in [6.07, 6.45) is 6.19. The predicted octanol–water partition coefficient (Wildman–Crippen LogP) is 2.38. The first-order valence-corrected chi connectivity index (χ1v) is 8.41. The van der Waals surface area contributed by atoms with Crippen LogP contribution in [0.4, 0.5) is 0 Å². The van der Waals surface area contributed by atoms with Crippen molar-refractivity contribution in [2.75, 3.05) is 0 Å². The molecule has 0 radical (unpaired) electrons. The van der Waals surface area contributed by atoms with Gasteiger partial charge in [-0.2, -0.15) is 5.26 Å². The molecule has 1 heterocycles. The fourth-order valence-corrected chi connectivity index (χ4v) is 3.33. The van der Waals surface area contributed by atoms with E-state index in [4.69, 9.17) is 0 Å². The largest absolute Gasteiger partial charge is 0.315 e. The lowest BCUT2D eigenvalue weighted by molar-refractivity contribution is 0.0355. The molecule has 0 N–H and O–H groups in total. The third kappa shape index (κ3) is 2.56. The molecule has 1 aromatic heterocycles. The number of amides is 1. The molecule has 2 aliphatic carbocycles. The Bertz CT molecular complexity index is 783. The summed E-state index contributed by atoms with van der Waals surface area (Å²) in [6, 6.07) is 12.5. The van der Waals surface area contributed by atoms with Crippen LogP contribution in [0.25, 0.3) is 0 Å². The van der Waals surface area contributed by atoms with E-state index in [1.807, 2.05) is 30.3 Å². The molecular formula is C18H19N5O. The Hall–Kier alpha value is -2.68. The molecule has 2 aromatic rings. The zero-order valence-corrected chi connectivity index (χ0v) is 13.4. The average Bonchev–Trinajstić information content (AvgIpc) is 3.29. The van der Waals surface area contributed by atoms with Crippen molar-refractivity contribution >= 4 is 5.91 Å². The highest BCUT2D eigenvalue weighted by molar-refractivity contribution is 5.93. The fraction of sp³-hybridized carbons (Fsp3) is 0.444. The van der Waals surface area contributed by atoms with Crippen LogP contribution in [-0.4, -0.2) is 37.4 Å². The maximum absolute atomic E-state index is 12.9. The molecule has 6 nitrogen and oxygen atoms in total. The van der Waals surface area contributed by atoms with E-state index in [1.54, 1.807) is 15.8 Å². The Morgan fingerprint density at radius 2 is 2.08 bits per heavy atom. The van der Waals surface area contributed by atoms with Crippen molar-refractivity contribution in [2.24, 2.45) is 0 Å². The van der Waals surface area contributed by atoms with Crippen molar-refractivity contribution in [1.82, 2.24) is 19.9 Å². The number of aromatic nitrogens is 3. The van der Waals surface area contributed by atoms with Crippen LogP contribution in [-0.2, 0) is 6.54 Å². The summed E-state index contributed by atoms with van der Waals surface area (Å²) in [5, 5.41) is 17.7. The number of nitrogens with zero attached hydrogens (tertiary/aromatic N) is 5. The molecule has 122 valence electrons. The number of hydrogen-bond donors (Lipinski definition) is 0. The van der Waals surface area contributed by atoms with Crippen molar-refractivity contribution in [3.05, 3.63) is 47.8 Å². The number of nitriles is 1. The van der Waals surface area contributed by atoms with Gasteiger partial charge < -0.3 is 4.90 Å². The molecule has 0 aliphatic heterocycles. The number of carbonyl (C=O) groups excluding carboxylic acids is 1. The van der Waals surface area contributed by atoms with E-state index in [2.05, 4.69) is 16.4 Å². The zero-order valence-electron chi connectivity index (χ0n) is 13.4. The number of carbonyl (C=O) groups is 1. The van der Waals surface area contributed by atoms with Crippen LogP contribution in [0.2, 0.25) is 0 Å². The smallest absolute Gasteiger partial charge is 0.277 e. The Balaban J connectivity index is 1.55. The average molecular weight is 321 g/mol. The van der Waals surface area contributed by atoms with Crippen LogP contribution in [0.3, 0.4) is 0 Å². The molecular weight excluding hydrogens is 302 g/mol. The van der Waals surface area contributed by atoms with Crippen LogP contribution in [0.5, 0.6) is 0 Å². The van der Waals surface area contributed by atoms with Crippen molar-refractivity contribution in [3.8, 4) is 6.07 Å². The van der Waals surface area contributed by atoms with Gasteiger partial charge in [-0.05, 0) is 37.7 Å². The Kier molecular flexibility index (Phi) is 3.57. The maximum atomic E-state index is 12.9. The van der Waals surface area contributed by atoms with E-state index in [1.165, 1.54) is 0 Å². The molecule has 0 spiro atoms. The molecule has 24 heavy (non-hydrogen) atoms. The summed E-state index contributed by atoms with van der Waals surface area (Å²) in [4.78, 5) is 14.7. The van der Waals surface area contributed by atoms with Gasteiger partial charge in [-0.3, -0.25) is 4.79 Å². The minimum absolute atomic E-state index is 0.155. The van der Waals surface area contributed by atoms with Gasteiger partial charge in [0.05, 0.1) is 18.8 Å². The highest BCUT2D eigenvalue weighted by atomic mass is 16.2. The first-order chi connectivity index (χ1) is 11.7. The van der Waals surface area contributed by atoms with E-state index >= 15 is 0 Å². The van der Waals surface area contributed by atoms with Crippen molar-refractivity contribution in [1.29, 1.82) is 5.26 Å². The van der Waals surface area contributed by atoms with Gasteiger partial charge in [-0.25, -0.2) is 4.68 Å². The lowest BCUT2D eigenvalue weighted by Gasteiger charge is -2.45. The molecule has 0 bridgehead atoms.